The molecule has 6 heteroatoms. The van der Waals surface area contributed by atoms with Crippen LogP contribution in [0.4, 0.5) is 5.69 Å². The molecular weight excluding hydrogens is 352 g/mol. The fourth-order valence-electron chi connectivity index (χ4n) is 2.12. The lowest BCUT2D eigenvalue weighted by Crippen LogP contribution is -2.32. The van der Waals surface area contributed by atoms with Gasteiger partial charge in [0.05, 0.1) is 4.92 Å². The van der Waals surface area contributed by atoms with Crippen molar-refractivity contribution in [1.29, 1.82) is 0 Å². The Kier molecular flexibility index (Phi) is 5.13. The SMILES string of the molecule is CC(C)(CNCc1ccc(Br)cc1[N+](=O)[O-])c1cccs1. The van der Waals surface area contributed by atoms with E-state index in [1.807, 2.05) is 12.1 Å². The van der Waals surface area contributed by atoms with Gasteiger partial charge in [0.1, 0.15) is 0 Å². The Morgan fingerprint density at radius 1 is 1.38 bits per heavy atom. The van der Waals surface area contributed by atoms with Gasteiger partial charge >= 0.3 is 0 Å². The maximum Gasteiger partial charge on any atom is 0.275 e. The number of nitro benzene ring substituents is 1. The van der Waals surface area contributed by atoms with Gasteiger partial charge in [0.15, 0.2) is 0 Å². The molecule has 1 aromatic carbocycles. The van der Waals surface area contributed by atoms with Crippen LogP contribution in [0.25, 0.3) is 0 Å². The van der Waals surface area contributed by atoms with Gasteiger partial charge in [-0.2, -0.15) is 0 Å². The molecule has 0 saturated carbocycles. The molecule has 0 radical (unpaired) electrons. The van der Waals surface area contributed by atoms with E-state index in [0.29, 0.717) is 12.1 Å². The summed E-state index contributed by atoms with van der Waals surface area (Å²) in [7, 11) is 0. The highest BCUT2D eigenvalue weighted by Gasteiger charge is 2.22. The van der Waals surface area contributed by atoms with Gasteiger partial charge in [0.25, 0.3) is 5.69 Å². The van der Waals surface area contributed by atoms with E-state index < -0.39 is 0 Å². The lowest BCUT2D eigenvalue weighted by atomic mass is 9.91. The van der Waals surface area contributed by atoms with Gasteiger partial charge < -0.3 is 5.32 Å². The Morgan fingerprint density at radius 3 is 2.76 bits per heavy atom. The van der Waals surface area contributed by atoms with Crippen molar-refractivity contribution in [3.8, 4) is 0 Å². The van der Waals surface area contributed by atoms with E-state index in [-0.39, 0.29) is 16.0 Å². The molecule has 2 rings (SSSR count). The van der Waals surface area contributed by atoms with Crippen molar-refractivity contribution in [3.05, 3.63) is 60.7 Å². The summed E-state index contributed by atoms with van der Waals surface area (Å²) < 4.78 is 0.719. The highest BCUT2D eigenvalue weighted by Crippen LogP contribution is 2.27. The lowest BCUT2D eigenvalue weighted by Gasteiger charge is -2.23. The minimum atomic E-state index is -0.341. The zero-order chi connectivity index (χ0) is 15.5. The predicted octanol–water partition coefficient (Wildman–Crippen LogP) is 4.49. The van der Waals surface area contributed by atoms with Gasteiger partial charge in [-0.25, -0.2) is 0 Å². The average molecular weight is 369 g/mol. The summed E-state index contributed by atoms with van der Waals surface area (Å²) in [5.74, 6) is 0. The quantitative estimate of drug-likeness (QED) is 0.603. The van der Waals surface area contributed by atoms with E-state index in [1.54, 1.807) is 23.5 Å². The number of thiophene rings is 1. The molecule has 0 spiro atoms. The standard InChI is InChI=1S/C15H17BrN2O2S/c1-15(2,14-4-3-7-21-14)10-17-9-11-5-6-12(16)8-13(11)18(19)20/h3-8,17H,9-10H2,1-2H3. The van der Waals surface area contributed by atoms with Crippen LogP contribution in [0.15, 0.2) is 40.2 Å². The van der Waals surface area contributed by atoms with E-state index in [2.05, 4.69) is 46.5 Å². The molecule has 1 heterocycles. The van der Waals surface area contributed by atoms with Gasteiger partial charge in [-0.3, -0.25) is 10.1 Å². The largest absolute Gasteiger partial charge is 0.312 e. The second kappa shape index (κ2) is 6.68. The van der Waals surface area contributed by atoms with Crippen molar-refractivity contribution in [2.24, 2.45) is 0 Å². The Labute approximate surface area is 136 Å². The Balaban J connectivity index is 2.02. The molecule has 2 aromatic rings. The summed E-state index contributed by atoms with van der Waals surface area (Å²) in [6.07, 6.45) is 0. The van der Waals surface area contributed by atoms with Gasteiger partial charge in [0.2, 0.25) is 0 Å². The fourth-order valence-corrected chi connectivity index (χ4v) is 3.32. The minimum Gasteiger partial charge on any atom is -0.312 e. The average Bonchev–Trinajstić information content (AvgIpc) is 2.95. The first kappa shape index (κ1) is 16.1. The topological polar surface area (TPSA) is 55.2 Å². The maximum absolute atomic E-state index is 11.1. The number of halogens is 1. The van der Waals surface area contributed by atoms with Crippen LogP contribution in [0.1, 0.15) is 24.3 Å². The predicted molar refractivity (Wildman–Crippen MR) is 89.8 cm³/mol. The molecule has 0 atom stereocenters. The normalized spacial score (nSPS) is 11.6. The first-order chi connectivity index (χ1) is 9.90. The Hall–Kier alpha value is -1.24. The van der Waals surface area contributed by atoms with Crippen molar-refractivity contribution in [3.63, 3.8) is 0 Å². The van der Waals surface area contributed by atoms with Gasteiger partial charge in [-0.1, -0.05) is 35.8 Å². The number of nitro groups is 1. The minimum absolute atomic E-state index is 0.0122. The molecule has 0 aliphatic carbocycles. The molecule has 1 N–H and O–H groups in total. The number of rotatable bonds is 6. The van der Waals surface area contributed by atoms with Crippen molar-refractivity contribution in [2.45, 2.75) is 25.8 Å². The maximum atomic E-state index is 11.1. The smallest absolute Gasteiger partial charge is 0.275 e. The molecule has 0 saturated heterocycles. The monoisotopic (exact) mass is 368 g/mol. The summed E-state index contributed by atoms with van der Waals surface area (Å²) in [5, 5.41) is 16.5. The third kappa shape index (κ3) is 4.12. The third-order valence-corrected chi connectivity index (χ3v) is 5.04. The highest BCUT2D eigenvalue weighted by atomic mass is 79.9. The zero-order valence-electron chi connectivity index (χ0n) is 11.9. The molecule has 4 nitrogen and oxygen atoms in total. The van der Waals surface area contributed by atoms with Gasteiger partial charge in [-0.15, -0.1) is 11.3 Å². The van der Waals surface area contributed by atoms with E-state index >= 15 is 0 Å². The molecular formula is C15H17BrN2O2S. The molecule has 1 aromatic heterocycles. The fraction of sp³-hybridized carbons (Fsp3) is 0.333. The Morgan fingerprint density at radius 2 is 2.14 bits per heavy atom. The van der Waals surface area contributed by atoms with Crippen molar-refractivity contribution < 1.29 is 4.92 Å². The second-order valence-electron chi connectivity index (χ2n) is 5.49. The van der Waals surface area contributed by atoms with Crippen LogP contribution in [-0.4, -0.2) is 11.5 Å². The molecule has 0 unspecified atom stereocenters. The highest BCUT2D eigenvalue weighted by molar-refractivity contribution is 9.10. The van der Waals surface area contributed by atoms with E-state index in [1.165, 1.54) is 4.88 Å². The molecule has 112 valence electrons. The number of hydrogen-bond donors (Lipinski definition) is 1. The van der Waals surface area contributed by atoms with Crippen LogP contribution in [0.3, 0.4) is 0 Å². The van der Waals surface area contributed by atoms with Crippen LogP contribution in [0.5, 0.6) is 0 Å². The molecule has 0 aliphatic rings. The van der Waals surface area contributed by atoms with E-state index in [9.17, 15) is 10.1 Å². The van der Waals surface area contributed by atoms with E-state index in [0.717, 1.165) is 11.0 Å². The third-order valence-electron chi connectivity index (χ3n) is 3.31. The first-order valence-electron chi connectivity index (χ1n) is 6.58. The summed E-state index contributed by atoms with van der Waals surface area (Å²) in [6.45, 7) is 5.59. The first-order valence-corrected chi connectivity index (χ1v) is 8.25. The van der Waals surface area contributed by atoms with Crippen molar-refractivity contribution in [2.75, 3.05) is 6.54 Å². The molecule has 0 amide bonds. The lowest BCUT2D eigenvalue weighted by molar-refractivity contribution is -0.385. The zero-order valence-corrected chi connectivity index (χ0v) is 14.3. The molecule has 0 bridgehead atoms. The summed E-state index contributed by atoms with van der Waals surface area (Å²) in [4.78, 5) is 12.0. The van der Waals surface area contributed by atoms with Crippen LogP contribution >= 0.6 is 27.3 Å². The van der Waals surface area contributed by atoms with E-state index in [4.69, 9.17) is 0 Å². The number of hydrogen-bond acceptors (Lipinski definition) is 4. The number of nitrogens with zero attached hydrogens (tertiary/aromatic N) is 1. The molecule has 0 aliphatic heterocycles. The van der Waals surface area contributed by atoms with Crippen LogP contribution in [0, 0.1) is 10.1 Å². The molecule has 21 heavy (non-hydrogen) atoms. The molecule has 0 fully saturated rings. The summed E-state index contributed by atoms with van der Waals surface area (Å²) >= 11 is 5.00. The summed E-state index contributed by atoms with van der Waals surface area (Å²) in [6, 6.07) is 9.32. The van der Waals surface area contributed by atoms with Crippen molar-refractivity contribution in [1.82, 2.24) is 5.32 Å². The van der Waals surface area contributed by atoms with Crippen LogP contribution in [0.2, 0.25) is 0 Å². The van der Waals surface area contributed by atoms with Crippen molar-refractivity contribution >= 4 is 33.0 Å². The van der Waals surface area contributed by atoms with Crippen LogP contribution < -0.4 is 5.32 Å². The Bertz CT molecular complexity index is 627. The second-order valence-corrected chi connectivity index (χ2v) is 7.36. The van der Waals surface area contributed by atoms with Crippen LogP contribution in [-0.2, 0) is 12.0 Å². The summed E-state index contributed by atoms with van der Waals surface area (Å²) in [5.41, 5.74) is 0.856. The van der Waals surface area contributed by atoms with Gasteiger partial charge in [0, 0.05) is 39.5 Å². The number of benzene rings is 1. The number of nitrogens with one attached hydrogen (secondary N) is 1. The van der Waals surface area contributed by atoms with Gasteiger partial charge in [-0.05, 0) is 23.6 Å².